The number of rotatable bonds is 4. The first-order valence-electron chi connectivity index (χ1n) is 6.72. The minimum absolute atomic E-state index is 0.0369. The molecule has 1 aliphatic heterocycles. The second kappa shape index (κ2) is 5.42. The van der Waals surface area contributed by atoms with Crippen LogP contribution in [-0.2, 0) is 6.54 Å². The number of fused-ring (bicyclic) bond motifs is 1. The van der Waals surface area contributed by atoms with Crippen molar-refractivity contribution in [2.45, 2.75) is 33.7 Å². The van der Waals surface area contributed by atoms with Gasteiger partial charge >= 0.3 is 0 Å². The summed E-state index contributed by atoms with van der Waals surface area (Å²) in [5.41, 5.74) is 0.557. The van der Waals surface area contributed by atoms with Crippen molar-refractivity contribution in [1.29, 1.82) is 0 Å². The van der Waals surface area contributed by atoms with Gasteiger partial charge in [-0.3, -0.25) is 4.79 Å². The molecule has 1 aromatic rings. The number of nitrogens with one attached hydrogen (secondary N) is 1. The SMILES string of the molecule is CCN(CC(C)C)C(=O)c1cn2c(n1)NCCC2. The predicted octanol–water partition coefficient (Wildman–Crippen LogP) is 1.82. The van der Waals surface area contributed by atoms with Gasteiger partial charge in [0.25, 0.3) is 5.91 Å². The van der Waals surface area contributed by atoms with Crippen molar-refractivity contribution in [2.75, 3.05) is 25.0 Å². The molecule has 18 heavy (non-hydrogen) atoms. The molecule has 2 rings (SSSR count). The zero-order valence-electron chi connectivity index (χ0n) is 11.4. The highest BCUT2D eigenvalue weighted by Gasteiger charge is 2.21. The summed E-state index contributed by atoms with van der Waals surface area (Å²) >= 11 is 0. The van der Waals surface area contributed by atoms with Crippen LogP contribution < -0.4 is 5.32 Å². The Morgan fingerprint density at radius 1 is 1.61 bits per heavy atom. The molecule has 1 N–H and O–H groups in total. The normalized spacial score (nSPS) is 14.2. The predicted molar refractivity (Wildman–Crippen MR) is 71.7 cm³/mol. The molecule has 5 heteroatoms. The molecule has 0 aliphatic carbocycles. The summed E-state index contributed by atoms with van der Waals surface area (Å²) in [4.78, 5) is 18.6. The van der Waals surface area contributed by atoms with Gasteiger partial charge in [0.1, 0.15) is 5.69 Å². The minimum atomic E-state index is 0.0369. The summed E-state index contributed by atoms with van der Waals surface area (Å²) in [6.07, 6.45) is 2.95. The van der Waals surface area contributed by atoms with Crippen LogP contribution in [0.4, 0.5) is 5.95 Å². The Hall–Kier alpha value is -1.52. The highest BCUT2D eigenvalue weighted by Crippen LogP contribution is 2.15. The minimum Gasteiger partial charge on any atom is -0.356 e. The quantitative estimate of drug-likeness (QED) is 0.886. The molecule has 0 saturated heterocycles. The molecule has 100 valence electrons. The van der Waals surface area contributed by atoms with Gasteiger partial charge in [-0.1, -0.05) is 13.8 Å². The summed E-state index contributed by atoms with van der Waals surface area (Å²) in [7, 11) is 0. The van der Waals surface area contributed by atoms with E-state index in [9.17, 15) is 4.79 Å². The summed E-state index contributed by atoms with van der Waals surface area (Å²) in [5.74, 6) is 1.34. The number of anilines is 1. The maximum Gasteiger partial charge on any atom is 0.274 e. The number of amides is 1. The summed E-state index contributed by atoms with van der Waals surface area (Å²) in [6, 6.07) is 0. The van der Waals surface area contributed by atoms with Gasteiger partial charge in [0.2, 0.25) is 5.95 Å². The Morgan fingerprint density at radius 3 is 3.00 bits per heavy atom. The Kier molecular flexibility index (Phi) is 3.89. The lowest BCUT2D eigenvalue weighted by Gasteiger charge is -2.21. The molecule has 0 saturated carbocycles. The van der Waals surface area contributed by atoms with Gasteiger partial charge in [-0.2, -0.15) is 0 Å². The number of imidazole rings is 1. The van der Waals surface area contributed by atoms with Crippen LogP contribution in [-0.4, -0.2) is 40.0 Å². The molecule has 5 nitrogen and oxygen atoms in total. The smallest absolute Gasteiger partial charge is 0.274 e. The van der Waals surface area contributed by atoms with E-state index in [-0.39, 0.29) is 5.91 Å². The molecule has 0 radical (unpaired) electrons. The van der Waals surface area contributed by atoms with Gasteiger partial charge in [0, 0.05) is 32.4 Å². The van der Waals surface area contributed by atoms with Crippen molar-refractivity contribution < 1.29 is 4.79 Å². The largest absolute Gasteiger partial charge is 0.356 e. The average molecular weight is 250 g/mol. The first-order valence-corrected chi connectivity index (χ1v) is 6.72. The molecule has 0 fully saturated rings. The highest BCUT2D eigenvalue weighted by molar-refractivity contribution is 5.92. The van der Waals surface area contributed by atoms with E-state index < -0.39 is 0 Å². The fourth-order valence-electron chi connectivity index (χ4n) is 2.24. The Bertz CT molecular complexity index is 401. The van der Waals surface area contributed by atoms with Crippen molar-refractivity contribution in [3.63, 3.8) is 0 Å². The molecular weight excluding hydrogens is 228 g/mol. The lowest BCUT2D eigenvalue weighted by Crippen LogP contribution is -2.34. The molecule has 0 bridgehead atoms. The molecule has 0 aromatic carbocycles. The molecule has 2 heterocycles. The molecule has 1 aromatic heterocycles. The van der Waals surface area contributed by atoms with Crippen molar-refractivity contribution in [1.82, 2.24) is 14.5 Å². The summed E-state index contributed by atoms with van der Waals surface area (Å²) < 4.78 is 2.03. The highest BCUT2D eigenvalue weighted by atomic mass is 16.2. The summed E-state index contributed by atoms with van der Waals surface area (Å²) in [6.45, 7) is 9.64. The molecule has 0 unspecified atom stereocenters. The Morgan fingerprint density at radius 2 is 2.39 bits per heavy atom. The van der Waals surface area contributed by atoms with E-state index in [0.29, 0.717) is 11.6 Å². The van der Waals surface area contributed by atoms with Crippen molar-refractivity contribution in [3.05, 3.63) is 11.9 Å². The van der Waals surface area contributed by atoms with E-state index in [2.05, 4.69) is 24.1 Å². The Labute approximate surface area is 108 Å². The number of carbonyl (C=O) groups is 1. The standard InChI is InChI=1S/C13H22N4O/c1-4-16(8-10(2)3)12(18)11-9-17-7-5-6-14-13(17)15-11/h9-10H,4-8H2,1-3H3,(H,14,15). The number of hydrogen-bond donors (Lipinski definition) is 1. The average Bonchev–Trinajstić information content (AvgIpc) is 2.78. The number of carbonyl (C=O) groups excluding carboxylic acids is 1. The molecule has 0 spiro atoms. The second-order valence-corrected chi connectivity index (χ2v) is 5.16. The first kappa shape index (κ1) is 12.9. The van der Waals surface area contributed by atoms with Crippen LogP contribution in [0.3, 0.4) is 0 Å². The maximum atomic E-state index is 12.4. The van der Waals surface area contributed by atoms with Gasteiger partial charge in [-0.25, -0.2) is 4.98 Å². The number of nitrogens with zero attached hydrogens (tertiary/aromatic N) is 3. The van der Waals surface area contributed by atoms with Crippen molar-refractivity contribution >= 4 is 11.9 Å². The van der Waals surface area contributed by atoms with E-state index in [1.54, 1.807) is 0 Å². The number of hydrogen-bond acceptors (Lipinski definition) is 3. The van der Waals surface area contributed by atoms with E-state index in [4.69, 9.17) is 0 Å². The van der Waals surface area contributed by atoms with Crippen LogP contribution >= 0.6 is 0 Å². The van der Waals surface area contributed by atoms with Crippen molar-refractivity contribution in [2.24, 2.45) is 5.92 Å². The monoisotopic (exact) mass is 250 g/mol. The van der Waals surface area contributed by atoms with E-state index in [1.165, 1.54) is 0 Å². The fraction of sp³-hybridized carbons (Fsp3) is 0.692. The van der Waals surface area contributed by atoms with Gasteiger partial charge in [-0.15, -0.1) is 0 Å². The molecular formula is C13H22N4O. The second-order valence-electron chi connectivity index (χ2n) is 5.16. The van der Waals surface area contributed by atoms with Crippen LogP contribution in [0.1, 0.15) is 37.7 Å². The zero-order chi connectivity index (χ0) is 13.1. The third-order valence-electron chi connectivity index (χ3n) is 3.11. The summed E-state index contributed by atoms with van der Waals surface area (Å²) in [5, 5.41) is 3.22. The third kappa shape index (κ3) is 2.66. The molecule has 0 atom stereocenters. The van der Waals surface area contributed by atoms with E-state index >= 15 is 0 Å². The molecule has 1 aliphatic rings. The molecule has 1 amide bonds. The topological polar surface area (TPSA) is 50.2 Å². The fourth-order valence-corrected chi connectivity index (χ4v) is 2.24. The zero-order valence-corrected chi connectivity index (χ0v) is 11.4. The van der Waals surface area contributed by atoms with Gasteiger partial charge in [0.15, 0.2) is 0 Å². The number of aromatic nitrogens is 2. The van der Waals surface area contributed by atoms with Crippen LogP contribution in [0.5, 0.6) is 0 Å². The van der Waals surface area contributed by atoms with Crippen LogP contribution in [0.2, 0.25) is 0 Å². The Balaban J connectivity index is 2.14. The van der Waals surface area contributed by atoms with Gasteiger partial charge in [-0.05, 0) is 19.3 Å². The van der Waals surface area contributed by atoms with Crippen molar-refractivity contribution in [3.8, 4) is 0 Å². The maximum absolute atomic E-state index is 12.4. The van der Waals surface area contributed by atoms with Gasteiger partial charge in [0.05, 0.1) is 0 Å². The first-order chi connectivity index (χ1) is 8.61. The lowest BCUT2D eigenvalue weighted by molar-refractivity contribution is 0.0740. The van der Waals surface area contributed by atoms with Crippen LogP contribution in [0.25, 0.3) is 0 Å². The third-order valence-corrected chi connectivity index (χ3v) is 3.11. The number of aryl methyl sites for hydroxylation is 1. The van der Waals surface area contributed by atoms with Crippen LogP contribution in [0, 0.1) is 5.92 Å². The van der Waals surface area contributed by atoms with E-state index in [1.807, 2.05) is 22.6 Å². The van der Waals surface area contributed by atoms with Gasteiger partial charge < -0.3 is 14.8 Å². The van der Waals surface area contributed by atoms with E-state index in [0.717, 1.165) is 38.5 Å². The lowest BCUT2D eigenvalue weighted by atomic mass is 10.2. The van der Waals surface area contributed by atoms with Crippen LogP contribution in [0.15, 0.2) is 6.20 Å².